The molecule has 0 saturated carbocycles. The summed E-state index contributed by atoms with van der Waals surface area (Å²) in [5, 5.41) is 12.9. The van der Waals surface area contributed by atoms with E-state index in [1.165, 1.54) is 17.0 Å². The van der Waals surface area contributed by atoms with Gasteiger partial charge in [-0.3, -0.25) is 4.18 Å². The molecule has 3 aliphatic heterocycles. The van der Waals surface area contributed by atoms with Gasteiger partial charge in [0.2, 0.25) is 0 Å². The Hall–Kier alpha value is -1.11. The van der Waals surface area contributed by atoms with Crippen LogP contribution in [0.1, 0.15) is 12.0 Å². The third-order valence-electron chi connectivity index (χ3n) is 6.08. The van der Waals surface area contributed by atoms with E-state index in [4.69, 9.17) is 18.4 Å². The number of fused-ring (bicyclic) bond motifs is 2. The number of aliphatic hydroxyl groups excluding tert-OH is 1. The Kier molecular flexibility index (Phi) is 7.05. The fourth-order valence-electron chi connectivity index (χ4n) is 4.29. The fraction of sp³-hybridized carbons (Fsp3) is 0.700. The van der Waals surface area contributed by atoms with E-state index in [-0.39, 0.29) is 17.0 Å². The van der Waals surface area contributed by atoms with Crippen LogP contribution in [0, 0.1) is 6.92 Å². The van der Waals surface area contributed by atoms with Crippen LogP contribution in [0.5, 0.6) is 0 Å². The standard InChI is InChI=1S/C20H30N2O7S/c1-14-3-5-15(6-4-14)30(24,25)29-19-18(23)17(16-13-27-20(19)28-16)21-7-2-8-22-9-11-26-12-10-22/h3-6,16-21,23H,2,7-13H2,1H3/p+2/t16-,17-,18-,19-,20-/m0/s1. The molecule has 3 heterocycles. The van der Waals surface area contributed by atoms with E-state index < -0.39 is 28.6 Å². The summed E-state index contributed by atoms with van der Waals surface area (Å²) >= 11 is 0. The van der Waals surface area contributed by atoms with Crippen LogP contribution >= 0.6 is 0 Å². The second-order valence-electron chi connectivity index (χ2n) is 8.26. The molecule has 0 aliphatic carbocycles. The molecule has 2 bridgehead atoms. The van der Waals surface area contributed by atoms with Gasteiger partial charge in [0.25, 0.3) is 10.1 Å². The number of benzene rings is 1. The van der Waals surface area contributed by atoms with Crippen molar-refractivity contribution in [3.8, 4) is 0 Å². The molecule has 5 atom stereocenters. The molecule has 3 aliphatic rings. The average Bonchev–Trinajstić information content (AvgIpc) is 3.18. The topological polar surface area (TPSA) is 112 Å². The van der Waals surface area contributed by atoms with Crippen LogP contribution in [-0.4, -0.2) is 90.2 Å². The van der Waals surface area contributed by atoms with Crippen molar-refractivity contribution in [3.05, 3.63) is 29.8 Å². The van der Waals surface area contributed by atoms with Crippen molar-refractivity contribution in [1.29, 1.82) is 0 Å². The van der Waals surface area contributed by atoms with Crippen molar-refractivity contribution in [2.45, 2.75) is 48.9 Å². The number of aryl methyl sites for hydroxylation is 1. The summed E-state index contributed by atoms with van der Waals surface area (Å²) in [6, 6.07) is 6.08. The summed E-state index contributed by atoms with van der Waals surface area (Å²) in [6.45, 7) is 7.74. The van der Waals surface area contributed by atoms with E-state index in [9.17, 15) is 13.5 Å². The van der Waals surface area contributed by atoms with Gasteiger partial charge in [-0.25, -0.2) is 0 Å². The molecule has 4 rings (SSSR count). The van der Waals surface area contributed by atoms with Crippen molar-refractivity contribution in [2.24, 2.45) is 0 Å². The molecular weight excluding hydrogens is 412 g/mol. The number of hydrogen-bond donors (Lipinski definition) is 3. The van der Waals surface area contributed by atoms with Crippen molar-refractivity contribution in [2.75, 3.05) is 46.0 Å². The minimum atomic E-state index is -4.05. The maximum atomic E-state index is 12.7. The van der Waals surface area contributed by atoms with Gasteiger partial charge in [-0.15, -0.1) is 0 Å². The Labute approximate surface area is 177 Å². The number of hydrogen-bond acceptors (Lipinski definition) is 7. The predicted molar refractivity (Wildman–Crippen MR) is 105 cm³/mol. The van der Waals surface area contributed by atoms with Gasteiger partial charge in [-0.2, -0.15) is 8.42 Å². The lowest BCUT2D eigenvalue weighted by Crippen LogP contribution is -3.14. The highest BCUT2D eigenvalue weighted by atomic mass is 32.2. The minimum Gasteiger partial charge on any atom is -0.384 e. The number of nitrogens with one attached hydrogen (secondary N) is 1. The number of ether oxygens (including phenoxy) is 3. The lowest BCUT2D eigenvalue weighted by Gasteiger charge is -2.35. The molecule has 10 heteroatoms. The van der Waals surface area contributed by atoms with Gasteiger partial charge in [0.1, 0.15) is 31.3 Å². The van der Waals surface area contributed by atoms with Gasteiger partial charge in [0.05, 0.1) is 37.8 Å². The number of morpholine rings is 1. The van der Waals surface area contributed by atoms with Gasteiger partial charge < -0.3 is 29.5 Å². The Morgan fingerprint density at radius 2 is 1.97 bits per heavy atom. The normalized spacial score (nSPS) is 32.4. The second kappa shape index (κ2) is 9.58. The predicted octanol–water partition coefficient (Wildman–Crippen LogP) is -2.58. The van der Waals surface area contributed by atoms with Crippen molar-refractivity contribution in [3.63, 3.8) is 0 Å². The average molecular weight is 445 g/mol. The molecule has 3 fully saturated rings. The lowest BCUT2D eigenvalue weighted by molar-refractivity contribution is -0.909. The molecule has 1 aromatic carbocycles. The summed E-state index contributed by atoms with van der Waals surface area (Å²) in [7, 11) is -4.05. The van der Waals surface area contributed by atoms with Gasteiger partial charge in [0, 0.05) is 6.42 Å². The highest BCUT2D eigenvalue weighted by Crippen LogP contribution is 2.31. The minimum absolute atomic E-state index is 0.0504. The number of quaternary nitrogens is 2. The molecule has 0 radical (unpaired) electrons. The second-order valence-corrected chi connectivity index (χ2v) is 9.83. The molecule has 30 heavy (non-hydrogen) atoms. The van der Waals surface area contributed by atoms with E-state index >= 15 is 0 Å². The Morgan fingerprint density at radius 3 is 2.70 bits per heavy atom. The molecule has 0 spiro atoms. The van der Waals surface area contributed by atoms with E-state index in [1.54, 1.807) is 12.1 Å². The third-order valence-corrected chi connectivity index (χ3v) is 7.41. The summed E-state index contributed by atoms with van der Waals surface area (Å²) in [5.41, 5.74) is 0.950. The van der Waals surface area contributed by atoms with Gasteiger partial charge in [0.15, 0.2) is 12.4 Å². The van der Waals surface area contributed by atoms with Crippen LogP contribution in [0.3, 0.4) is 0 Å². The number of aliphatic hydroxyl groups is 1. The number of rotatable bonds is 8. The molecule has 0 amide bonds. The zero-order chi connectivity index (χ0) is 21.1. The van der Waals surface area contributed by atoms with Crippen molar-refractivity contribution in [1.82, 2.24) is 0 Å². The van der Waals surface area contributed by atoms with Crippen LogP contribution in [0.2, 0.25) is 0 Å². The summed E-state index contributed by atoms with van der Waals surface area (Å²) in [4.78, 5) is 1.58. The fourth-order valence-corrected chi connectivity index (χ4v) is 5.36. The zero-order valence-electron chi connectivity index (χ0n) is 17.2. The molecule has 0 unspecified atom stereocenters. The molecular formula is C20H32N2O7S+2. The third kappa shape index (κ3) is 5.03. The van der Waals surface area contributed by atoms with Crippen LogP contribution in [0.4, 0.5) is 0 Å². The first kappa shape index (κ1) is 22.1. The van der Waals surface area contributed by atoms with Crippen molar-refractivity contribution < 1.29 is 42.1 Å². The summed E-state index contributed by atoms with van der Waals surface area (Å²) in [5.74, 6) is 0. The molecule has 3 saturated heterocycles. The zero-order valence-corrected chi connectivity index (χ0v) is 18.1. The SMILES string of the molecule is Cc1ccc(S(=O)(=O)O[C@@H]2[C@H]3OC[C@H](O3)[C@H]([NH2+]CCC[NH+]3CCOCC3)[C@@H]2O)cc1. The highest BCUT2D eigenvalue weighted by molar-refractivity contribution is 7.86. The van der Waals surface area contributed by atoms with E-state index in [2.05, 4.69) is 0 Å². The first-order valence-electron chi connectivity index (χ1n) is 10.6. The maximum Gasteiger partial charge on any atom is 0.297 e. The van der Waals surface area contributed by atoms with Crippen LogP contribution < -0.4 is 10.2 Å². The molecule has 0 aromatic heterocycles. The molecule has 9 nitrogen and oxygen atoms in total. The van der Waals surface area contributed by atoms with Gasteiger partial charge in [-0.05, 0) is 19.1 Å². The molecule has 168 valence electrons. The smallest absolute Gasteiger partial charge is 0.297 e. The summed E-state index contributed by atoms with van der Waals surface area (Å²) < 4.78 is 47.6. The number of nitrogens with two attached hydrogens (primary N) is 1. The molecule has 1 aromatic rings. The van der Waals surface area contributed by atoms with E-state index in [1.807, 2.05) is 12.2 Å². The largest absolute Gasteiger partial charge is 0.384 e. The maximum absolute atomic E-state index is 12.7. The van der Waals surface area contributed by atoms with Gasteiger partial charge in [-0.1, -0.05) is 17.7 Å². The van der Waals surface area contributed by atoms with Crippen LogP contribution in [-0.2, 0) is 28.5 Å². The van der Waals surface area contributed by atoms with E-state index in [0.717, 1.165) is 51.4 Å². The molecule has 4 N–H and O–H groups in total. The van der Waals surface area contributed by atoms with Gasteiger partial charge >= 0.3 is 0 Å². The summed E-state index contributed by atoms with van der Waals surface area (Å²) in [6.07, 6.45) is -2.27. The first-order chi connectivity index (χ1) is 14.4. The van der Waals surface area contributed by atoms with Crippen LogP contribution in [0.25, 0.3) is 0 Å². The first-order valence-corrected chi connectivity index (χ1v) is 12.0. The van der Waals surface area contributed by atoms with E-state index in [0.29, 0.717) is 6.61 Å². The highest BCUT2D eigenvalue weighted by Gasteiger charge is 2.54. The van der Waals surface area contributed by atoms with Crippen molar-refractivity contribution >= 4 is 10.1 Å². The van der Waals surface area contributed by atoms with Crippen LogP contribution in [0.15, 0.2) is 29.2 Å². The Bertz CT molecular complexity index is 798. The Balaban J connectivity index is 1.35. The quantitative estimate of drug-likeness (QED) is 0.298. The Morgan fingerprint density at radius 1 is 1.23 bits per heavy atom. The monoisotopic (exact) mass is 444 g/mol. The lowest BCUT2D eigenvalue weighted by atomic mass is 9.98.